The predicted molar refractivity (Wildman–Crippen MR) is 110 cm³/mol. The Hall–Kier alpha value is -1.81. The van der Waals surface area contributed by atoms with Crippen molar-refractivity contribution in [2.75, 3.05) is 20.2 Å². The molecule has 1 aliphatic rings. The number of carbonyl (C=O) groups is 1. The lowest BCUT2D eigenvalue weighted by molar-refractivity contribution is -0.118. The van der Waals surface area contributed by atoms with Gasteiger partial charge in [0, 0.05) is 25.8 Å². The standard InChI is InChI=1S/C13H14F3NO4S.C5H12O.C2H6/c1-9-2-3-10-4-6-17(8-18)7-5-11(10)12(9)21-22(19,20)13(14,15)16;1-5(2,3)6-4;1-2/h2-3,8H,4-7H2,1H3;1-4H3;1-2H3. The van der Waals surface area contributed by atoms with Crippen LogP contribution < -0.4 is 4.18 Å². The lowest BCUT2D eigenvalue weighted by Gasteiger charge is -2.16. The van der Waals surface area contributed by atoms with E-state index in [0.717, 1.165) is 0 Å². The largest absolute Gasteiger partial charge is 0.534 e. The second-order valence-electron chi connectivity index (χ2n) is 7.29. The van der Waals surface area contributed by atoms with Crippen molar-refractivity contribution in [3.8, 4) is 5.75 Å². The Kier molecular flexibility index (Phi) is 10.8. The lowest BCUT2D eigenvalue weighted by Crippen LogP contribution is -2.29. The first-order chi connectivity index (χ1) is 13.7. The van der Waals surface area contributed by atoms with Crippen LogP contribution in [0.15, 0.2) is 12.1 Å². The van der Waals surface area contributed by atoms with E-state index in [4.69, 9.17) is 4.74 Å². The first-order valence-corrected chi connectivity index (χ1v) is 11.0. The van der Waals surface area contributed by atoms with Crippen molar-refractivity contribution in [3.05, 3.63) is 28.8 Å². The maximum atomic E-state index is 12.5. The highest BCUT2D eigenvalue weighted by Gasteiger charge is 2.49. The van der Waals surface area contributed by atoms with Gasteiger partial charge in [-0.25, -0.2) is 0 Å². The monoisotopic (exact) mass is 455 g/mol. The fourth-order valence-corrected chi connectivity index (χ4v) is 2.85. The molecule has 6 nitrogen and oxygen atoms in total. The van der Waals surface area contributed by atoms with Gasteiger partial charge in [0.2, 0.25) is 6.41 Å². The lowest BCUT2D eigenvalue weighted by atomic mass is 9.99. The molecule has 1 aromatic rings. The summed E-state index contributed by atoms with van der Waals surface area (Å²) in [5.74, 6) is -0.289. The molecule has 0 aromatic heterocycles. The quantitative estimate of drug-likeness (QED) is 0.387. The Bertz CT molecular complexity index is 787. The fraction of sp³-hybridized carbons (Fsp3) is 0.650. The molecule has 1 amide bonds. The number of amides is 1. The molecule has 1 heterocycles. The minimum atomic E-state index is -5.72. The number of fused-ring (bicyclic) bond motifs is 1. The van der Waals surface area contributed by atoms with Crippen LogP contribution in [-0.4, -0.2) is 51.0 Å². The second kappa shape index (κ2) is 11.5. The van der Waals surface area contributed by atoms with E-state index < -0.39 is 15.6 Å². The van der Waals surface area contributed by atoms with E-state index >= 15 is 0 Å². The molecule has 0 aliphatic carbocycles. The molecule has 0 spiro atoms. The Morgan fingerprint density at radius 1 is 1.07 bits per heavy atom. The zero-order valence-electron chi connectivity index (χ0n) is 18.6. The topological polar surface area (TPSA) is 72.9 Å². The third kappa shape index (κ3) is 8.51. The van der Waals surface area contributed by atoms with Crippen LogP contribution in [0.3, 0.4) is 0 Å². The number of methoxy groups -OCH3 is 1. The number of halogens is 3. The number of nitrogens with zero attached hydrogens (tertiary/aromatic N) is 1. The van der Waals surface area contributed by atoms with Gasteiger partial charge >= 0.3 is 15.6 Å². The molecule has 174 valence electrons. The molecule has 0 radical (unpaired) electrons. The number of aryl methyl sites for hydroxylation is 1. The summed E-state index contributed by atoms with van der Waals surface area (Å²) in [6.45, 7) is 12.3. The molecule has 0 saturated heterocycles. The zero-order valence-corrected chi connectivity index (χ0v) is 19.4. The van der Waals surface area contributed by atoms with Crippen molar-refractivity contribution in [2.45, 2.75) is 65.5 Å². The molecule has 0 atom stereocenters. The van der Waals surface area contributed by atoms with Gasteiger partial charge in [-0.05, 0) is 51.7 Å². The highest BCUT2D eigenvalue weighted by atomic mass is 32.2. The van der Waals surface area contributed by atoms with E-state index in [9.17, 15) is 26.4 Å². The second-order valence-corrected chi connectivity index (χ2v) is 8.83. The number of benzene rings is 1. The number of rotatable bonds is 3. The summed E-state index contributed by atoms with van der Waals surface area (Å²) in [5, 5.41) is 0. The van der Waals surface area contributed by atoms with Gasteiger partial charge in [0.05, 0.1) is 5.60 Å². The smallest absolute Gasteiger partial charge is 0.379 e. The minimum absolute atomic E-state index is 0.0417. The summed E-state index contributed by atoms with van der Waals surface area (Å²) in [6, 6.07) is 3.22. The molecule has 1 aliphatic heterocycles. The molecule has 1 aromatic carbocycles. The van der Waals surface area contributed by atoms with E-state index in [2.05, 4.69) is 4.18 Å². The van der Waals surface area contributed by atoms with Gasteiger partial charge in [-0.2, -0.15) is 21.6 Å². The van der Waals surface area contributed by atoms with Crippen LogP contribution in [0.4, 0.5) is 13.2 Å². The van der Waals surface area contributed by atoms with Gasteiger partial charge in [-0.1, -0.05) is 26.0 Å². The number of alkyl halides is 3. The van der Waals surface area contributed by atoms with Crippen LogP contribution in [0.25, 0.3) is 0 Å². The molecule has 10 heteroatoms. The third-order valence-electron chi connectivity index (χ3n) is 4.11. The molecule has 2 rings (SSSR count). The van der Waals surface area contributed by atoms with E-state index in [0.29, 0.717) is 42.6 Å². The first-order valence-electron chi connectivity index (χ1n) is 9.58. The minimum Gasteiger partial charge on any atom is -0.379 e. The molecular formula is C20H32F3NO5S. The van der Waals surface area contributed by atoms with E-state index in [1.807, 2.05) is 34.6 Å². The average Bonchev–Trinajstić information content (AvgIpc) is 2.87. The van der Waals surface area contributed by atoms with Crippen LogP contribution >= 0.6 is 0 Å². The molecule has 0 saturated carbocycles. The maximum Gasteiger partial charge on any atom is 0.534 e. The zero-order chi connectivity index (χ0) is 23.8. The highest BCUT2D eigenvalue weighted by molar-refractivity contribution is 7.88. The Balaban J connectivity index is 0.000000905. The Morgan fingerprint density at radius 3 is 2.00 bits per heavy atom. The van der Waals surface area contributed by atoms with E-state index in [-0.39, 0.29) is 17.8 Å². The highest BCUT2D eigenvalue weighted by Crippen LogP contribution is 2.34. The van der Waals surface area contributed by atoms with Crippen LogP contribution in [-0.2, 0) is 32.5 Å². The summed E-state index contributed by atoms with van der Waals surface area (Å²) in [5.41, 5.74) is -4.06. The van der Waals surface area contributed by atoms with E-state index in [1.165, 1.54) is 17.9 Å². The first kappa shape index (κ1) is 28.2. The molecule has 0 N–H and O–H groups in total. The van der Waals surface area contributed by atoms with Crippen LogP contribution in [0.5, 0.6) is 5.75 Å². The van der Waals surface area contributed by atoms with Gasteiger partial charge in [0.1, 0.15) is 5.75 Å². The number of carbonyl (C=O) groups excluding carboxylic acids is 1. The van der Waals surface area contributed by atoms with Crippen LogP contribution in [0, 0.1) is 6.92 Å². The molecular weight excluding hydrogens is 423 g/mol. The van der Waals surface area contributed by atoms with Gasteiger partial charge in [0.15, 0.2) is 0 Å². The number of hydrogen-bond donors (Lipinski definition) is 0. The van der Waals surface area contributed by atoms with Crippen molar-refractivity contribution in [2.24, 2.45) is 0 Å². The normalized spacial score (nSPS) is 14.3. The van der Waals surface area contributed by atoms with Crippen molar-refractivity contribution >= 4 is 16.5 Å². The summed E-state index contributed by atoms with van der Waals surface area (Å²) >= 11 is 0. The average molecular weight is 456 g/mol. The number of ether oxygens (including phenoxy) is 1. The maximum absolute atomic E-state index is 12.5. The van der Waals surface area contributed by atoms with Crippen molar-refractivity contribution in [1.29, 1.82) is 0 Å². The fourth-order valence-electron chi connectivity index (χ4n) is 2.30. The molecule has 0 unspecified atom stereocenters. The van der Waals surface area contributed by atoms with Crippen molar-refractivity contribution in [3.63, 3.8) is 0 Å². The SMILES string of the molecule is CC.COC(C)(C)C.Cc1ccc2c(c1OS(=O)(=O)C(F)(F)F)CCN(C=O)CC2. The van der Waals surface area contributed by atoms with Gasteiger partial charge < -0.3 is 13.8 Å². The summed E-state index contributed by atoms with van der Waals surface area (Å²) in [4.78, 5) is 12.3. The van der Waals surface area contributed by atoms with Crippen LogP contribution in [0.2, 0.25) is 0 Å². The predicted octanol–water partition coefficient (Wildman–Crippen LogP) is 4.24. The Labute approximate surface area is 177 Å². The van der Waals surface area contributed by atoms with Gasteiger partial charge in [0.25, 0.3) is 0 Å². The summed E-state index contributed by atoms with van der Waals surface area (Å²) < 4.78 is 69.3. The van der Waals surface area contributed by atoms with Crippen LogP contribution in [0.1, 0.15) is 51.3 Å². The summed E-state index contributed by atoms with van der Waals surface area (Å²) in [7, 11) is -4.01. The number of hydrogen-bond acceptors (Lipinski definition) is 5. The third-order valence-corrected chi connectivity index (χ3v) is 5.06. The molecule has 0 bridgehead atoms. The van der Waals surface area contributed by atoms with Gasteiger partial charge in [-0.15, -0.1) is 0 Å². The van der Waals surface area contributed by atoms with Crippen molar-refractivity contribution < 1.29 is 35.3 Å². The molecule has 0 fully saturated rings. The van der Waals surface area contributed by atoms with Crippen molar-refractivity contribution in [1.82, 2.24) is 4.90 Å². The summed E-state index contributed by atoms with van der Waals surface area (Å²) in [6.07, 6.45) is 1.32. The molecule has 30 heavy (non-hydrogen) atoms. The van der Waals surface area contributed by atoms with Gasteiger partial charge in [-0.3, -0.25) is 4.79 Å². The van der Waals surface area contributed by atoms with E-state index in [1.54, 1.807) is 13.2 Å². The Morgan fingerprint density at radius 2 is 1.57 bits per heavy atom.